The Hall–Kier alpha value is -1.78. The Kier molecular flexibility index (Phi) is 4.33. The molecule has 0 spiro atoms. The molecule has 122 valence electrons. The molecule has 24 heavy (non-hydrogen) atoms. The number of nitrogens with zero attached hydrogens (tertiary/aromatic N) is 2. The maximum absolute atomic E-state index is 6.20. The average Bonchev–Trinajstić information content (AvgIpc) is 2.77. The lowest BCUT2D eigenvalue weighted by atomic mass is 10.0. The summed E-state index contributed by atoms with van der Waals surface area (Å²) < 4.78 is 3.04. The largest absolute Gasteiger partial charge is 0.370 e. The fraction of sp³-hybridized carbons (Fsp3) is 0.211. The Bertz CT molecular complexity index is 888. The fourth-order valence-corrected chi connectivity index (χ4v) is 3.81. The standard InChI is InChI=1S/C19H17BrClN3/c20-16-9-1-2-10-17(16)24-19-15(8-3-4-11-22-19)18(23-24)13-6-5-7-14(21)12-13/h1-2,5-7,9-10,12,22H,3-4,8,11H2. The molecule has 2 heterocycles. The highest BCUT2D eigenvalue weighted by Gasteiger charge is 2.22. The van der Waals surface area contributed by atoms with Gasteiger partial charge in [0, 0.05) is 27.2 Å². The number of fused-ring (bicyclic) bond motifs is 1. The van der Waals surface area contributed by atoms with Crippen molar-refractivity contribution in [3.8, 4) is 16.9 Å². The Morgan fingerprint density at radius 1 is 1.08 bits per heavy atom. The summed E-state index contributed by atoms with van der Waals surface area (Å²) in [4.78, 5) is 0. The minimum Gasteiger partial charge on any atom is -0.370 e. The second-order valence-corrected chi connectivity index (χ2v) is 7.22. The topological polar surface area (TPSA) is 29.9 Å². The van der Waals surface area contributed by atoms with E-state index in [1.54, 1.807) is 0 Å². The highest BCUT2D eigenvalue weighted by atomic mass is 79.9. The predicted octanol–water partition coefficient (Wildman–Crippen LogP) is 5.70. The van der Waals surface area contributed by atoms with Crippen molar-refractivity contribution < 1.29 is 0 Å². The van der Waals surface area contributed by atoms with E-state index in [1.807, 2.05) is 41.1 Å². The van der Waals surface area contributed by atoms with Gasteiger partial charge in [-0.25, -0.2) is 4.68 Å². The maximum atomic E-state index is 6.20. The van der Waals surface area contributed by atoms with E-state index in [0.29, 0.717) is 0 Å². The molecule has 0 amide bonds. The van der Waals surface area contributed by atoms with Gasteiger partial charge in [-0.1, -0.05) is 35.9 Å². The van der Waals surface area contributed by atoms with E-state index < -0.39 is 0 Å². The molecule has 0 aliphatic carbocycles. The Labute approximate surface area is 154 Å². The van der Waals surface area contributed by atoms with Gasteiger partial charge in [-0.3, -0.25) is 0 Å². The quantitative estimate of drug-likeness (QED) is 0.595. The lowest BCUT2D eigenvalue weighted by molar-refractivity contribution is 0.780. The minimum atomic E-state index is 0.735. The molecule has 0 bridgehead atoms. The van der Waals surface area contributed by atoms with Crippen LogP contribution in [0.25, 0.3) is 16.9 Å². The predicted molar refractivity (Wildman–Crippen MR) is 103 cm³/mol. The molecule has 0 saturated carbocycles. The first-order chi connectivity index (χ1) is 11.7. The van der Waals surface area contributed by atoms with Gasteiger partial charge in [-0.2, -0.15) is 5.10 Å². The second-order valence-electron chi connectivity index (χ2n) is 5.93. The van der Waals surface area contributed by atoms with Crippen molar-refractivity contribution in [2.45, 2.75) is 19.3 Å². The van der Waals surface area contributed by atoms with Crippen molar-refractivity contribution in [1.82, 2.24) is 9.78 Å². The zero-order valence-corrected chi connectivity index (χ0v) is 15.4. The molecule has 3 aromatic rings. The van der Waals surface area contributed by atoms with Crippen LogP contribution in [0.5, 0.6) is 0 Å². The molecular formula is C19H17BrClN3. The second kappa shape index (κ2) is 6.61. The van der Waals surface area contributed by atoms with Crippen molar-refractivity contribution in [3.63, 3.8) is 0 Å². The van der Waals surface area contributed by atoms with E-state index in [0.717, 1.165) is 51.6 Å². The zero-order chi connectivity index (χ0) is 16.5. The normalized spacial score (nSPS) is 13.9. The van der Waals surface area contributed by atoms with Gasteiger partial charge in [-0.15, -0.1) is 0 Å². The molecule has 1 N–H and O–H groups in total. The van der Waals surface area contributed by atoms with Gasteiger partial charge < -0.3 is 5.32 Å². The minimum absolute atomic E-state index is 0.735. The molecule has 0 atom stereocenters. The van der Waals surface area contributed by atoms with Crippen LogP contribution in [-0.2, 0) is 6.42 Å². The van der Waals surface area contributed by atoms with E-state index in [1.165, 1.54) is 12.0 Å². The van der Waals surface area contributed by atoms with Crippen LogP contribution >= 0.6 is 27.5 Å². The third kappa shape index (κ3) is 2.85. The molecule has 1 aliphatic rings. The molecule has 0 unspecified atom stereocenters. The van der Waals surface area contributed by atoms with Gasteiger partial charge in [0.05, 0.1) is 11.4 Å². The van der Waals surface area contributed by atoms with Crippen LogP contribution in [0.4, 0.5) is 5.82 Å². The van der Waals surface area contributed by atoms with Gasteiger partial charge in [0.15, 0.2) is 0 Å². The van der Waals surface area contributed by atoms with Crippen molar-refractivity contribution in [3.05, 3.63) is 63.6 Å². The first-order valence-electron chi connectivity index (χ1n) is 8.10. The lowest BCUT2D eigenvalue weighted by Crippen LogP contribution is -2.07. The number of benzene rings is 2. The van der Waals surface area contributed by atoms with E-state index in [4.69, 9.17) is 16.7 Å². The monoisotopic (exact) mass is 401 g/mol. The molecule has 0 radical (unpaired) electrons. The van der Waals surface area contributed by atoms with Crippen molar-refractivity contribution in [1.29, 1.82) is 0 Å². The summed E-state index contributed by atoms with van der Waals surface area (Å²) in [6, 6.07) is 16.1. The molecule has 4 rings (SSSR count). The lowest BCUT2D eigenvalue weighted by Gasteiger charge is -2.10. The number of hydrogen-bond donors (Lipinski definition) is 1. The smallest absolute Gasteiger partial charge is 0.133 e. The van der Waals surface area contributed by atoms with E-state index in [-0.39, 0.29) is 0 Å². The van der Waals surface area contributed by atoms with E-state index in [2.05, 4.69) is 33.4 Å². The Morgan fingerprint density at radius 2 is 1.96 bits per heavy atom. The number of aromatic nitrogens is 2. The summed E-state index contributed by atoms with van der Waals surface area (Å²) in [5.74, 6) is 1.09. The molecule has 5 heteroatoms. The molecule has 3 nitrogen and oxygen atoms in total. The number of rotatable bonds is 2. The molecule has 2 aromatic carbocycles. The first-order valence-corrected chi connectivity index (χ1v) is 9.28. The summed E-state index contributed by atoms with van der Waals surface area (Å²) in [5.41, 5.74) is 4.38. The van der Waals surface area contributed by atoms with Gasteiger partial charge in [0.2, 0.25) is 0 Å². The van der Waals surface area contributed by atoms with E-state index in [9.17, 15) is 0 Å². The summed E-state index contributed by atoms with van der Waals surface area (Å²) in [5, 5.41) is 9.25. The SMILES string of the molecule is Clc1cccc(-c2nn(-c3ccccc3Br)c3c2CCCCN3)c1. The fourth-order valence-electron chi connectivity index (χ4n) is 3.17. The molecular weight excluding hydrogens is 386 g/mol. The number of nitrogens with one attached hydrogen (secondary N) is 1. The van der Waals surface area contributed by atoms with Crippen LogP contribution in [0, 0.1) is 0 Å². The van der Waals surface area contributed by atoms with Crippen LogP contribution < -0.4 is 5.32 Å². The van der Waals surface area contributed by atoms with Crippen LogP contribution in [0.3, 0.4) is 0 Å². The van der Waals surface area contributed by atoms with Crippen LogP contribution in [0.2, 0.25) is 5.02 Å². The van der Waals surface area contributed by atoms with Crippen LogP contribution in [0.15, 0.2) is 53.0 Å². The van der Waals surface area contributed by atoms with Gasteiger partial charge in [0.25, 0.3) is 0 Å². The summed E-state index contributed by atoms with van der Waals surface area (Å²) in [6.45, 7) is 0.970. The summed E-state index contributed by atoms with van der Waals surface area (Å²) in [6.07, 6.45) is 3.35. The number of anilines is 1. The summed E-state index contributed by atoms with van der Waals surface area (Å²) in [7, 11) is 0. The molecule has 0 saturated heterocycles. The number of hydrogen-bond acceptors (Lipinski definition) is 2. The van der Waals surface area contributed by atoms with Crippen molar-refractivity contribution in [2.75, 3.05) is 11.9 Å². The Morgan fingerprint density at radius 3 is 2.79 bits per heavy atom. The molecule has 0 fully saturated rings. The average molecular weight is 403 g/mol. The van der Waals surface area contributed by atoms with Crippen molar-refractivity contribution in [2.24, 2.45) is 0 Å². The maximum Gasteiger partial charge on any atom is 0.133 e. The number of para-hydroxylation sites is 1. The van der Waals surface area contributed by atoms with Crippen molar-refractivity contribution >= 4 is 33.3 Å². The highest BCUT2D eigenvalue weighted by Crippen LogP contribution is 2.36. The van der Waals surface area contributed by atoms with E-state index >= 15 is 0 Å². The number of halogens is 2. The first kappa shape index (κ1) is 15.7. The zero-order valence-electron chi connectivity index (χ0n) is 13.1. The van der Waals surface area contributed by atoms with Crippen LogP contribution in [0.1, 0.15) is 18.4 Å². The van der Waals surface area contributed by atoms with Gasteiger partial charge in [-0.05, 0) is 59.5 Å². The third-order valence-electron chi connectivity index (χ3n) is 4.31. The van der Waals surface area contributed by atoms with Gasteiger partial charge >= 0.3 is 0 Å². The summed E-state index contributed by atoms with van der Waals surface area (Å²) >= 11 is 9.85. The highest BCUT2D eigenvalue weighted by molar-refractivity contribution is 9.10. The molecule has 1 aromatic heterocycles. The van der Waals surface area contributed by atoms with Gasteiger partial charge in [0.1, 0.15) is 5.82 Å². The molecule has 1 aliphatic heterocycles. The Balaban J connectivity index is 1.94. The van der Waals surface area contributed by atoms with Crippen LogP contribution in [-0.4, -0.2) is 16.3 Å². The third-order valence-corrected chi connectivity index (χ3v) is 5.21.